The highest BCUT2D eigenvalue weighted by atomic mass is 19.4. The third kappa shape index (κ3) is 3.70. The smallest absolute Gasteiger partial charge is 0.356 e. The molecule has 7 nitrogen and oxygen atoms in total. The number of fused-ring (bicyclic) bond motifs is 1. The van der Waals surface area contributed by atoms with Crippen LogP contribution in [-0.2, 0) is 19.8 Å². The molecule has 0 amide bonds. The summed E-state index contributed by atoms with van der Waals surface area (Å²) in [5.41, 5.74) is 0.410. The maximum atomic E-state index is 13.0. The Morgan fingerprint density at radius 1 is 1.21 bits per heavy atom. The summed E-state index contributed by atoms with van der Waals surface area (Å²) in [5.74, 6) is 0.638. The van der Waals surface area contributed by atoms with Gasteiger partial charge in [0.15, 0.2) is 5.65 Å². The van der Waals surface area contributed by atoms with Crippen LogP contribution in [-0.4, -0.2) is 37.2 Å². The number of piperidine rings is 1. The molecular weight excluding hydrogens is 385 g/mol. The van der Waals surface area contributed by atoms with E-state index < -0.39 is 11.9 Å². The Hall–Kier alpha value is -2.91. The lowest BCUT2D eigenvalue weighted by Gasteiger charge is -2.33. The molecule has 0 spiro atoms. The molecule has 4 rings (SSSR count). The number of imidazole rings is 1. The van der Waals surface area contributed by atoms with Crippen LogP contribution < -0.4 is 10.6 Å². The zero-order chi connectivity index (χ0) is 20.8. The highest BCUT2D eigenvalue weighted by Crippen LogP contribution is 2.31. The summed E-state index contributed by atoms with van der Waals surface area (Å²) in [4.78, 5) is 26.4. The fraction of sp³-hybridized carbons (Fsp3) is 0.474. The molecule has 0 aliphatic carbocycles. The van der Waals surface area contributed by atoms with Gasteiger partial charge < -0.3 is 4.90 Å². The zero-order valence-electron chi connectivity index (χ0n) is 16.1. The van der Waals surface area contributed by atoms with Crippen LogP contribution in [0, 0.1) is 12.8 Å². The molecule has 29 heavy (non-hydrogen) atoms. The summed E-state index contributed by atoms with van der Waals surface area (Å²) < 4.78 is 42.4. The lowest BCUT2D eigenvalue weighted by Crippen LogP contribution is -2.37. The number of rotatable bonds is 3. The monoisotopic (exact) mass is 406 g/mol. The molecule has 0 unspecified atom stereocenters. The summed E-state index contributed by atoms with van der Waals surface area (Å²) >= 11 is 0. The molecule has 1 fully saturated rings. The maximum Gasteiger partial charge on any atom is 0.433 e. The zero-order valence-corrected chi connectivity index (χ0v) is 16.1. The molecule has 3 aromatic rings. The van der Waals surface area contributed by atoms with Crippen molar-refractivity contribution in [2.24, 2.45) is 13.0 Å². The first-order chi connectivity index (χ1) is 13.7. The minimum Gasteiger partial charge on any atom is -0.356 e. The van der Waals surface area contributed by atoms with Crippen molar-refractivity contribution < 1.29 is 13.2 Å². The third-order valence-electron chi connectivity index (χ3n) is 5.40. The summed E-state index contributed by atoms with van der Waals surface area (Å²) in [6.07, 6.45) is -1.33. The Labute approximate surface area is 164 Å². The highest BCUT2D eigenvalue weighted by molar-refractivity contribution is 5.71. The number of nitrogens with zero attached hydrogens (tertiary/aromatic N) is 6. The Morgan fingerprint density at radius 3 is 2.62 bits per heavy atom. The van der Waals surface area contributed by atoms with Gasteiger partial charge >= 0.3 is 11.9 Å². The number of hydrogen-bond donors (Lipinski definition) is 0. The van der Waals surface area contributed by atoms with E-state index in [4.69, 9.17) is 0 Å². The van der Waals surface area contributed by atoms with Crippen molar-refractivity contribution in [1.29, 1.82) is 0 Å². The van der Waals surface area contributed by atoms with Crippen molar-refractivity contribution in [1.82, 2.24) is 24.1 Å². The molecule has 3 aromatic heterocycles. The summed E-state index contributed by atoms with van der Waals surface area (Å²) in [6, 6.07) is 4.66. The van der Waals surface area contributed by atoms with Gasteiger partial charge in [0.05, 0.1) is 5.52 Å². The molecule has 0 bridgehead atoms. The van der Waals surface area contributed by atoms with E-state index in [0.717, 1.165) is 24.4 Å². The van der Waals surface area contributed by atoms with Crippen LogP contribution >= 0.6 is 0 Å². The molecule has 10 heteroatoms. The van der Waals surface area contributed by atoms with E-state index in [2.05, 4.69) is 15.0 Å². The normalized spacial score (nSPS) is 16.0. The Bertz CT molecular complexity index is 1100. The number of halogens is 3. The van der Waals surface area contributed by atoms with Crippen molar-refractivity contribution in [2.75, 3.05) is 18.0 Å². The first-order valence-corrected chi connectivity index (χ1v) is 9.42. The van der Waals surface area contributed by atoms with E-state index in [-0.39, 0.29) is 17.4 Å². The Morgan fingerprint density at radius 2 is 1.93 bits per heavy atom. The van der Waals surface area contributed by atoms with Crippen LogP contribution in [0.2, 0.25) is 0 Å². The lowest BCUT2D eigenvalue weighted by molar-refractivity contribution is -0.141. The van der Waals surface area contributed by atoms with Gasteiger partial charge in [0.2, 0.25) is 0 Å². The van der Waals surface area contributed by atoms with Crippen LogP contribution in [0.3, 0.4) is 0 Å². The molecular formula is C19H21F3N6O. The molecule has 4 heterocycles. The summed E-state index contributed by atoms with van der Waals surface area (Å²) in [6.45, 7) is 3.15. The van der Waals surface area contributed by atoms with E-state index in [1.54, 1.807) is 28.4 Å². The fourth-order valence-corrected chi connectivity index (χ4v) is 3.86. The minimum absolute atomic E-state index is 0.102. The quantitative estimate of drug-likeness (QED) is 0.669. The topological polar surface area (TPSA) is 68.8 Å². The number of pyridine rings is 1. The second-order valence-corrected chi connectivity index (χ2v) is 7.39. The van der Waals surface area contributed by atoms with Gasteiger partial charge in [-0.25, -0.2) is 19.7 Å². The SMILES string of the molecule is Cc1nc(N2CCC(Cn3c(=O)n(C)c4cccnc43)CC2)cc(C(F)(F)F)n1. The van der Waals surface area contributed by atoms with Gasteiger partial charge in [-0.3, -0.25) is 9.13 Å². The highest BCUT2D eigenvalue weighted by Gasteiger charge is 2.34. The Kier molecular flexibility index (Phi) is 4.79. The van der Waals surface area contributed by atoms with Crippen LogP contribution in [0.5, 0.6) is 0 Å². The van der Waals surface area contributed by atoms with Gasteiger partial charge in [-0.2, -0.15) is 13.2 Å². The summed E-state index contributed by atoms with van der Waals surface area (Å²) in [5, 5.41) is 0. The number of hydrogen-bond acceptors (Lipinski definition) is 5. The molecule has 0 saturated carbocycles. The second kappa shape index (κ2) is 7.16. The van der Waals surface area contributed by atoms with Gasteiger partial charge in [0.1, 0.15) is 17.3 Å². The Balaban J connectivity index is 1.49. The van der Waals surface area contributed by atoms with E-state index >= 15 is 0 Å². The number of aryl methyl sites for hydroxylation is 2. The van der Waals surface area contributed by atoms with Gasteiger partial charge in [-0.1, -0.05) is 0 Å². The van der Waals surface area contributed by atoms with Crippen LogP contribution in [0.25, 0.3) is 11.2 Å². The van der Waals surface area contributed by atoms with Crippen molar-refractivity contribution in [3.8, 4) is 0 Å². The third-order valence-corrected chi connectivity index (χ3v) is 5.40. The predicted octanol–water partition coefficient (Wildman–Crippen LogP) is 2.77. The molecule has 0 aromatic carbocycles. The first-order valence-electron chi connectivity index (χ1n) is 9.42. The van der Waals surface area contributed by atoms with Crippen LogP contribution in [0.4, 0.5) is 19.0 Å². The molecule has 0 N–H and O–H groups in total. The van der Waals surface area contributed by atoms with Crippen LogP contribution in [0.1, 0.15) is 24.4 Å². The van der Waals surface area contributed by atoms with E-state index in [9.17, 15) is 18.0 Å². The van der Waals surface area contributed by atoms with Crippen molar-refractivity contribution in [3.05, 3.63) is 46.4 Å². The van der Waals surface area contributed by atoms with Gasteiger partial charge in [0, 0.05) is 38.9 Å². The first kappa shape index (κ1) is 19.4. The van der Waals surface area contributed by atoms with Crippen molar-refractivity contribution in [2.45, 2.75) is 32.5 Å². The summed E-state index contributed by atoms with van der Waals surface area (Å²) in [7, 11) is 1.72. The van der Waals surface area contributed by atoms with Crippen molar-refractivity contribution >= 4 is 17.0 Å². The number of anilines is 1. The molecule has 1 saturated heterocycles. The molecule has 154 valence electrons. The predicted molar refractivity (Wildman–Crippen MR) is 102 cm³/mol. The largest absolute Gasteiger partial charge is 0.433 e. The molecule has 0 atom stereocenters. The average Bonchev–Trinajstić information content (AvgIpc) is 2.93. The second-order valence-electron chi connectivity index (χ2n) is 7.39. The molecule has 1 aliphatic rings. The van der Waals surface area contributed by atoms with Crippen LogP contribution in [0.15, 0.2) is 29.2 Å². The molecule has 0 radical (unpaired) electrons. The van der Waals surface area contributed by atoms with Crippen molar-refractivity contribution in [3.63, 3.8) is 0 Å². The van der Waals surface area contributed by atoms with E-state index in [1.807, 2.05) is 11.0 Å². The van der Waals surface area contributed by atoms with E-state index in [0.29, 0.717) is 31.1 Å². The minimum atomic E-state index is -4.50. The average molecular weight is 406 g/mol. The van der Waals surface area contributed by atoms with Gasteiger partial charge in [-0.15, -0.1) is 0 Å². The molecule has 1 aliphatic heterocycles. The number of alkyl halides is 3. The maximum absolute atomic E-state index is 13.0. The van der Waals surface area contributed by atoms with E-state index in [1.165, 1.54) is 6.92 Å². The van der Waals surface area contributed by atoms with Gasteiger partial charge in [0.25, 0.3) is 0 Å². The fourth-order valence-electron chi connectivity index (χ4n) is 3.86. The number of aromatic nitrogens is 5. The lowest BCUT2D eigenvalue weighted by atomic mass is 9.96. The van der Waals surface area contributed by atoms with Gasteiger partial charge in [-0.05, 0) is 37.8 Å². The standard InChI is InChI=1S/C19H21F3N6O/c1-12-24-15(19(20,21)22)10-16(25-12)27-8-5-13(6-9-27)11-28-17-14(4-3-7-23-17)26(2)18(28)29/h3-4,7,10,13H,5-6,8-9,11H2,1-2H3.